The number of aryl methyl sites for hydroxylation is 1. The van der Waals surface area contributed by atoms with Crippen LogP contribution in [-0.4, -0.2) is 12.0 Å². The van der Waals surface area contributed by atoms with E-state index in [4.69, 9.17) is 22.1 Å². The number of hydrogen-bond donors (Lipinski definition) is 1. The molecule has 2 atom stereocenters. The topological polar surface area (TPSA) is 52.3 Å². The summed E-state index contributed by atoms with van der Waals surface area (Å²) < 4.78 is 6.40. The third-order valence-electron chi connectivity index (χ3n) is 5.75. The Hall–Kier alpha value is -3.40. The summed E-state index contributed by atoms with van der Waals surface area (Å²) in [6, 6.07) is 33.9. The van der Waals surface area contributed by atoms with E-state index in [2.05, 4.69) is 0 Å². The summed E-state index contributed by atoms with van der Waals surface area (Å²) in [6.45, 7) is 2.02. The van der Waals surface area contributed by atoms with Gasteiger partial charge < -0.3 is 10.5 Å². The molecule has 0 aliphatic carbocycles. The summed E-state index contributed by atoms with van der Waals surface area (Å²) in [4.78, 5) is 13.5. The Balaban J connectivity index is 1.85. The van der Waals surface area contributed by atoms with Crippen molar-refractivity contribution in [2.75, 3.05) is 0 Å². The number of carbonyl (C=O) groups excluding carboxylic acids is 1. The third-order valence-corrected chi connectivity index (χ3v) is 6.08. The molecule has 0 saturated carbocycles. The molecule has 0 amide bonds. The summed E-state index contributed by atoms with van der Waals surface area (Å²) in [5, 5.41) is 0.506. The lowest BCUT2D eigenvalue weighted by Crippen LogP contribution is -2.43. The lowest BCUT2D eigenvalue weighted by atomic mass is 9.79. The van der Waals surface area contributed by atoms with Crippen molar-refractivity contribution in [1.82, 2.24) is 0 Å². The van der Waals surface area contributed by atoms with Crippen LogP contribution in [0.15, 0.2) is 109 Å². The first-order valence-electron chi connectivity index (χ1n) is 10.9. The smallest absolute Gasteiger partial charge is 0.324 e. The molecule has 4 heteroatoms. The van der Waals surface area contributed by atoms with Gasteiger partial charge in [0.2, 0.25) is 0 Å². The zero-order valence-electron chi connectivity index (χ0n) is 18.4. The van der Waals surface area contributed by atoms with Gasteiger partial charge in [-0.3, -0.25) is 4.79 Å². The van der Waals surface area contributed by atoms with E-state index in [1.165, 1.54) is 0 Å². The Labute approximate surface area is 199 Å². The second-order valence-corrected chi connectivity index (χ2v) is 8.52. The first kappa shape index (κ1) is 22.8. The van der Waals surface area contributed by atoms with Crippen molar-refractivity contribution >= 4 is 17.6 Å². The molecule has 166 valence electrons. The minimum atomic E-state index is -1.25. The second-order valence-electron chi connectivity index (χ2n) is 8.11. The van der Waals surface area contributed by atoms with Crippen LogP contribution in [0.25, 0.3) is 0 Å². The Morgan fingerprint density at radius 2 is 1.36 bits per heavy atom. The number of hydrogen-bond acceptors (Lipinski definition) is 3. The Morgan fingerprint density at radius 1 is 0.818 bits per heavy atom. The number of nitrogens with two attached hydrogens (primary N) is 1. The quantitative estimate of drug-likeness (QED) is 0.272. The maximum absolute atomic E-state index is 13.5. The van der Waals surface area contributed by atoms with E-state index in [9.17, 15) is 4.79 Å². The largest absolute Gasteiger partial charge is 0.443 e. The highest BCUT2D eigenvalue weighted by Gasteiger charge is 2.43. The summed E-state index contributed by atoms with van der Waals surface area (Å²) in [5.74, 6) is -0.497. The molecule has 0 aliphatic heterocycles. The Bertz CT molecular complexity index is 1210. The van der Waals surface area contributed by atoms with E-state index in [0.29, 0.717) is 17.0 Å². The van der Waals surface area contributed by atoms with Crippen LogP contribution in [0.5, 0.6) is 0 Å². The summed E-state index contributed by atoms with van der Waals surface area (Å²) in [6.07, 6.45) is 0.376. The van der Waals surface area contributed by atoms with Crippen molar-refractivity contribution in [2.45, 2.75) is 25.0 Å². The summed E-state index contributed by atoms with van der Waals surface area (Å²) >= 11 is 6.71. The van der Waals surface area contributed by atoms with Gasteiger partial charge in [-0.05, 0) is 25.0 Å². The lowest BCUT2D eigenvalue weighted by Gasteiger charge is -2.36. The minimum absolute atomic E-state index is 0.376. The highest BCUT2D eigenvalue weighted by atomic mass is 35.5. The molecule has 33 heavy (non-hydrogen) atoms. The van der Waals surface area contributed by atoms with E-state index in [0.717, 1.165) is 22.3 Å². The molecule has 0 saturated heterocycles. The molecule has 0 radical (unpaired) electrons. The molecule has 0 bridgehead atoms. The second kappa shape index (κ2) is 10.0. The van der Waals surface area contributed by atoms with E-state index < -0.39 is 17.6 Å². The number of halogens is 1. The Morgan fingerprint density at radius 3 is 2.00 bits per heavy atom. The first-order valence-corrected chi connectivity index (χ1v) is 11.3. The molecule has 0 aliphatic rings. The van der Waals surface area contributed by atoms with E-state index >= 15 is 0 Å². The van der Waals surface area contributed by atoms with Crippen LogP contribution in [0.3, 0.4) is 0 Å². The maximum Gasteiger partial charge on any atom is 0.324 e. The zero-order valence-corrected chi connectivity index (χ0v) is 19.2. The van der Waals surface area contributed by atoms with Crippen LogP contribution < -0.4 is 5.73 Å². The van der Waals surface area contributed by atoms with Gasteiger partial charge in [0.15, 0.2) is 5.60 Å². The van der Waals surface area contributed by atoms with Crippen LogP contribution in [0, 0.1) is 6.92 Å². The predicted molar refractivity (Wildman–Crippen MR) is 133 cm³/mol. The number of esters is 1. The van der Waals surface area contributed by atoms with Crippen molar-refractivity contribution in [3.8, 4) is 0 Å². The number of benzene rings is 4. The van der Waals surface area contributed by atoms with Gasteiger partial charge in [-0.1, -0.05) is 120 Å². The maximum atomic E-state index is 13.5. The SMILES string of the molecule is Cc1ccc(C(OC(=O)[C@@H](N)Cc2ccccc2)(c2ccccc2)c2ccccc2Cl)cc1. The van der Waals surface area contributed by atoms with Gasteiger partial charge >= 0.3 is 5.97 Å². The molecule has 0 fully saturated rings. The van der Waals surface area contributed by atoms with Crippen molar-refractivity contribution < 1.29 is 9.53 Å². The predicted octanol–water partition coefficient (Wildman–Crippen LogP) is 6.05. The van der Waals surface area contributed by atoms with Crippen molar-refractivity contribution in [2.24, 2.45) is 5.73 Å². The van der Waals surface area contributed by atoms with Gasteiger partial charge in [-0.25, -0.2) is 0 Å². The van der Waals surface area contributed by atoms with Gasteiger partial charge in [0, 0.05) is 21.7 Å². The molecule has 4 aromatic carbocycles. The number of rotatable bonds is 7. The van der Waals surface area contributed by atoms with Crippen molar-refractivity contribution in [1.29, 1.82) is 0 Å². The van der Waals surface area contributed by atoms with Gasteiger partial charge in [0.25, 0.3) is 0 Å². The normalized spacial score (nSPS) is 13.7. The molecule has 0 aromatic heterocycles. The molecular weight excluding hydrogens is 430 g/mol. The van der Waals surface area contributed by atoms with Crippen molar-refractivity contribution in [3.63, 3.8) is 0 Å². The number of carbonyl (C=O) groups is 1. The average molecular weight is 456 g/mol. The fourth-order valence-electron chi connectivity index (χ4n) is 4.04. The molecular formula is C29H26ClNO2. The summed E-state index contributed by atoms with van der Waals surface area (Å²) in [7, 11) is 0. The van der Waals surface area contributed by atoms with E-state index in [-0.39, 0.29) is 0 Å². The van der Waals surface area contributed by atoms with Crippen LogP contribution >= 0.6 is 11.6 Å². The molecule has 3 nitrogen and oxygen atoms in total. The van der Waals surface area contributed by atoms with Gasteiger partial charge in [-0.15, -0.1) is 0 Å². The lowest BCUT2D eigenvalue weighted by molar-refractivity contribution is -0.155. The summed E-state index contributed by atoms with van der Waals surface area (Å²) in [5.41, 5.74) is 9.45. The van der Waals surface area contributed by atoms with Crippen LogP contribution in [0.4, 0.5) is 0 Å². The molecule has 0 heterocycles. The van der Waals surface area contributed by atoms with Gasteiger partial charge in [0.1, 0.15) is 6.04 Å². The van der Waals surface area contributed by atoms with Gasteiger partial charge in [0.05, 0.1) is 0 Å². The van der Waals surface area contributed by atoms with Crippen LogP contribution in [0.1, 0.15) is 27.8 Å². The zero-order chi connectivity index (χ0) is 23.3. The van der Waals surface area contributed by atoms with E-state index in [1.807, 2.05) is 110 Å². The number of ether oxygens (including phenoxy) is 1. The van der Waals surface area contributed by atoms with E-state index in [1.54, 1.807) is 6.07 Å². The minimum Gasteiger partial charge on any atom is -0.443 e. The Kier molecular flexibility index (Phi) is 6.93. The standard InChI is InChI=1S/C29H26ClNO2/c1-21-16-18-24(19-17-21)29(23-12-6-3-7-13-23,25-14-8-9-15-26(25)30)33-28(32)27(31)20-22-10-4-2-5-11-22/h2-19,27H,20,31H2,1H3/t27-,29?/m0/s1. The fourth-order valence-corrected chi connectivity index (χ4v) is 4.31. The fraction of sp³-hybridized carbons (Fsp3) is 0.138. The van der Waals surface area contributed by atoms with Crippen LogP contribution in [0.2, 0.25) is 5.02 Å². The van der Waals surface area contributed by atoms with Crippen molar-refractivity contribution in [3.05, 3.63) is 142 Å². The molecule has 4 aromatic rings. The third kappa shape index (κ3) is 4.85. The van der Waals surface area contributed by atoms with Crippen LogP contribution in [-0.2, 0) is 21.6 Å². The molecule has 2 N–H and O–H groups in total. The molecule has 1 unspecified atom stereocenters. The monoisotopic (exact) mass is 455 g/mol. The van der Waals surface area contributed by atoms with Gasteiger partial charge in [-0.2, -0.15) is 0 Å². The first-order chi connectivity index (χ1) is 16.0. The molecule has 0 spiro atoms. The average Bonchev–Trinajstić information content (AvgIpc) is 2.84. The highest BCUT2D eigenvalue weighted by molar-refractivity contribution is 6.31. The highest BCUT2D eigenvalue weighted by Crippen LogP contribution is 2.43. The molecule has 4 rings (SSSR count).